The van der Waals surface area contributed by atoms with Crippen LogP contribution in [0, 0.1) is 10.1 Å². The number of ether oxygens (including phenoxy) is 1. The van der Waals surface area contributed by atoms with Gasteiger partial charge in [-0.05, 0) is 32.0 Å². The Labute approximate surface area is 133 Å². The summed E-state index contributed by atoms with van der Waals surface area (Å²) in [6, 6.07) is 13.3. The molecule has 3 rings (SSSR count). The molecule has 0 bridgehead atoms. The van der Waals surface area contributed by atoms with E-state index in [0.29, 0.717) is 11.4 Å². The fourth-order valence-electron chi connectivity index (χ4n) is 2.81. The zero-order valence-electron chi connectivity index (χ0n) is 12.8. The van der Waals surface area contributed by atoms with Gasteiger partial charge in [-0.1, -0.05) is 18.2 Å². The zero-order chi connectivity index (χ0) is 16.6. The molecular formula is C17H16N2O4. The monoisotopic (exact) mass is 312 g/mol. The first-order valence-electron chi connectivity index (χ1n) is 7.21. The van der Waals surface area contributed by atoms with Gasteiger partial charge in [-0.2, -0.15) is 0 Å². The fourth-order valence-corrected chi connectivity index (χ4v) is 2.81. The van der Waals surface area contributed by atoms with Crippen molar-refractivity contribution in [2.75, 3.05) is 4.90 Å². The van der Waals surface area contributed by atoms with E-state index in [4.69, 9.17) is 4.74 Å². The molecular weight excluding hydrogens is 296 g/mol. The second-order valence-corrected chi connectivity index (χ2v) is 5.90. The number of aldehydes is 1. The van der Waals surface area contributed by atoms with Crippen LogP contribution in [0.3, 0.4) is 0 Å². The summed E-state index contributed by atoms with van der Waals surface area (Å²) in [6.45, 7) is 3.59. The number of hydrogen-bond donors (Lipinski definition) is 0. The van der Waals surface area contributed by atoms with Crippen molar-refractivity contribution in [3.05, 3.63) is 58.6 Å². The zero-order valence-corrected chi connectivity index (χ0v) is 12.8. The third kappa shape index (κ3) is 2.52. The van der Waals surface area contributed by atoms with Crippen LogP contribution < -0.4 is 9.64 Å². The highest BCUT2D eigenvalue weighted by molar-refractivity contribution is 5.81. The molecule has 6 heteroatoms. The van der Waals surface area contributed by atoms with Crippen molar-refractivity contribution < 1.29 is 14.5 Å². The van der Waals surface area contributed by atoms with Gasteiger partial charge in [-0.15, -0.1) is 0 Å². The standard InChI is InChI=1S/C17H16N2O4/c1-17(2)16(11-20)18(12-6-4-3-5-7-12)14-9-8-13(19(21)22)10-15(14)23-17/h3-11,16H,1-2H3. The molecule has 0 N–H and O–H groups in total. The van der Waals surface area contributed by atoms with Crippen LogP contribution in [0.4, 0.5) is 17.1 Å². The van der Waals surface area contributed by atoms with Gasteiger partial charge < -0.3 is 14.4 Å². The van der Waals surface area contributed by atoms with E-state index in [1.807, 2.05) is 35.2 Å². The average Bonchev–Trinajstić information content (AvgIpc) is 2.52. The van der Waals surface area contributed by atoms with Gasteiger partial charge in [-0.3, -0.25) is 10.1 Å². The van der Waals surface area contributed by atoms with Gasteiger partial charge in [0, 0.05) is 11.8 Å². The number of nitro benzene ring substituents is 1. The summed E-state index contributed by atoms with van der Waals surface area (Å²) < 4.78 is 5.89. The van der Waals surface area contributed by atoms with Gasteiger partial charge in [0.2, 0.25) is 0 Å². The highest BCUT2D eigenvalue weighted by atomic mass is 16.6. The molecule has 0 aromatic heterocycles. The Kier molecular flexibility index (Phi) is 3.52. The topological polar surface area (TPSA) is 72.7 Å². The molecule has 1 unspecified atom stereocenters. The van der Waals surface area contributed by atoms with E-state index in [-0.39, 0.29) is 5.69 Å². The first kappa shape index (κ1) is 15.0. The van der Waals surface area contributed by atoms with Gasteiger partial charge in [-0.25, -0.2) is 0 Å². The molecule has 2 aromatic carbocycles. The van der Waals surface area contributed by atoms with Gasteiger partial charge in [0.05, 0.1) is 16.7 Å². The van der Waals surface area contributed by atoms with Crippen LogP contribution in [0.25, 0.3) is 0 Å². The van der Waals surface area contributed by atoms with E-state index in [0.717, 1.165) is 12.0 Å². The quantitative estimate of drug-likeness (QED) is 0.493. The number of carbonyl (C=O) groups excluding carboxylic acids is 1. The van der Waals surface area contributed by atoms with Crippen molar-refractivity contribution in [2.45, 2.75) is 25.5 Å². The molecule has 118 valence electrons. The lowest BCUT2D eigenvalue weighted by atomic mass is 9.94. The van der Waals surface area contributed by atoms with Crippen molar-refractivity contribution in [3.63, 3.8) is 0 Å². The van der Waals surface area contributed by atoms with Crippen molar-refractivity contribution in [3.8, 4) is 5.75 Å². The van der Waals surface area contributed by atoms with E-state index in [1.165, 1.54) is 12.1 Å². The van der Waals surface area contributed by atoms with Gasteiger partial charge in [0.1, 0.15) is 17.9 Å². The van der Waals surface area contributed by atoms with Crippen LogP contribution in [-0.2, 0) is 4.79 Å². The van der Waals surface area contributed by atoms with Crippen LogP contribution in [0.15, 0.2) is 48.5 Å². The lowest BCUT2D eigenvalue weighted by molar-refractivity contribution is -0.385. The third-order valence-electron chi connectivity index (χ3n) is 3.94. The largest absolute Gasteiger partial charge is 0.483 e. The van der Waals surface area contributed by atoms with Crippen LogP contribution in [0.5, 0.6) is 5.75 Å². The maximum atomic E-state index is 11.7. The van der Waals surface area contributed by atoms with Gasteiger partial charge >= 0.3 is 0 Å². The molecule has 1 atom stereocenters. The van der Waals surface area contributed by atoms with Crippen molar-refractivity contribution >= 4 is 23.3 Å². The Bertz CT molecular complexity index is 758. The molecule has 0 saturated heterocycles. The lowest BCUT2D eigenvalue weighted by Gasteiger charge is -2.45. The van der Waals surface area contributed by atoms with Crippen molar-refractivity contribution in [2.24, 2.45) is 0 Å². The van der Waals surface area contributed by atoms with Crippen LogP contribution in [0.1, 0.15) is 13.8 Å². The molecule has 1 heterocycles. The number of benzene rings is 2. The Morgan fingerprint density at radius 3 is 2.52 bits per heavy atom. The molecule has 6 nitrogen and oxygen atoms in total. The van der Waals surface area contributed by atoms with E-state index in [9.17, 15) is 14.9 Å². The van der Waals surface area contributed by atoms with Crippen molar-refractivity contribution in [1.29, 1.82) is 0 Å². The summed E-state index contributed by atoms with van der Waals surface area (Å²) in [7, 11) is 0. The molecule has 0 radical (unpaired) electrons. The lowest BCUT2D eigenvalue weighted by Crippen LogP contribution is -2.55. The molecule has 0 aliphatic carbocycles. The summed E-state index contributed by atoms with van der Waals surface area (Å²) in [5.74, 6) is 0.395. The van der Waals surface area contributed by atoms with E-state index < -0.39 is 16.6 Å². The minimum atomic E-state index is -0.820. The molecule has 1 aliphatic rings. The summed E-state index contributed by atoms with van der Waals surface area (Å²) in [6.07, 6.45) is 0.845. The average molecular weight is 312 g/mol. The number of anilines is 2. The molecule has 23 heavy (non-hydrogen) atoms. The van der Waals surface area contributed by atoms with Crippen molar-refractivity contribution in [1.82, 2.24) is 0 Å². The van der Waals surface area contributed by atoms with Crippen LogP contribution >= 0.6 is 0 Å². The molecule has 0 amide bonds. The Balaban J connectivity index is 2.20. The van der Waals surface area contributed by atoms with Crippen LogP contribution in [-0.4, -0.2) is 22.9 Å². The Morgan fingerprint density at radius 2 is 1.91 bits per heavy atom. The first-order valence-corrected chi connectivity index (χ1v) is 7.21. The molecule has 0 spiro atoms. The maximum absolute atomic E-state index is 11.7. The minimum absolute atomic E-state index is 0.0443. The predicted molar refractivity (Wildman–Crippen MR) is 86.2 cm³/mol. The normalized spacial score (nSPS) is 18.7. The predicted octanol–water partition coefficient (Wildman–Crippen LogP) is 3.47. The summed E-state index contributed by atoms with van der Waals surface area (Å²) in [4.78, 5) is 24.1. The van der Waals surface area contributed by atoms with Gasteiger partial charge in [0.25, 0.3) is 5.69 Å². The number of nitrogens with zero attached hydrogens (tertiary/aromatic N) is 2. The number of fused-ring (bicyclic) bond motifs is 1. The number of carbonyl (C=O) groups is 1. The molecule has 2 aromatic rings. The third-order valence-corrected chi connectivity index (χ3v) is 3.94. The number of para-hydroxylation sites is 1. The second kappa shape index (κ2) is 5.39. The number of rotatable bonds is 3. The molecule has 0 fully saturated rings. The highest BCUT2D eigenvalue weighted by Gasteiger charge is 2.43. The van der Waals surface area contributed by atoms with E-state index in [2.05, 4.69) is 0 Å². The molecule has 1 aliphatic heterocycles. The minimum Gasteiger partial charge on any atom is -0.483 e. The summed E-state index contributed by atoms with van der Waals surface area (Å²) in [5.41, 5.74) is 0.603. The summed E-state index contributed by atoms with van der Waals surface area (Å²) in [5, 5.41) is 11.0. The molecule has 0 saturated carbocycles. The van der Waals surface area contributed by atoms with Gasteiger partial charge in [0.15, 0.2) is 5.75 Å². The highest BCUT2D eigenvalue weighted by Crippen LogP contribution is 2.45. The summed E-state index contributed by atoms with van der Waals surface area (Å²) >= 11 is 0. The van der Waals surface area contributed by atoms with E-state index in [1.54, 1.807) is 19.9 Å². The Morgan fingerprint density at radius 1 is 1.22 bits per heavy atom. The SMILES string of the molecule is CC1(C)Oc2cc([N+](=O)[O-])ccc2N(c2ccccc2)C1C=O. The number of nitro groups is 1. The smallest absolute Gasteiger partial charge is 0.273 e. The fraction of sp³-hybridized carbons (Fsp3) is 0.235. The Hall–Kier alpha value is -2.89. The van der Waals surface area contributed by atoms with E-state index >= 15 is 0 Å². The van der Waals surface area contributed by atoms with Crippen LogP contribution in [0.2, 0.25) is 0 Å². The number of hydrogen-bond acceptors (Lipinski definition) is 5. The maximum Gasteiger partial charge on any atom is 0.273 e. The first-order chi connectivity index (χ1) is 10.9. The number of non-ortho nitro benzene ring substituents is 1. The second-order valence-electron chi connectivity index (χ2n) is 5.90.